The standard InChI is InChI=1S/C17H25NO3/c1-13-12-15(20-5)10-9-14(13)8-6-7-11-18-16(19)21-17(2,3)4/h6,8-10,12H,7,11H2,1-5H3,(H,18,19). The molecular formula is C17H25NO3. The van der Waals surface area contributed by atoms with Gasteiger partial charge in [-0.2, -0.15) is 0 Å². The highest BCUT2D eigenvalue weighted by Crippen LogP contribution is 2.18. The third-order valence-electron chi connectivity index (χ3n) is 2.75. The molecule has 1 rings (SSSR count). The fourth-order valence-corrected chi connectivity index (χ4v) is 1.74. The average Bonchev–Trinajstić information content (AvgIpc) is 2.37. The number of methoxy groups -OCH3 is 1. The van der Waals surface area contributed by atoms with Crippen molar-refractivity contribution in [2.75, 3.05) is 13.7 Å². The fraction of sp³-hybridized carbons (Fsp3) is 0.471. The van der Waals surface area contributed by atoms with E-state index in [-0.39, 0.29) is 6.09 Å². The monoisotopic (exact) mass is 291 g/mol. The summed E-state index contributed by atoms with van der Waals surface area (Å²) in [6.45, 7) is 8.14. The van der Waals surface area contributed by atoms with E-state index in [1.165, 1.54) is 0 Å². The van der Waals surface area contributed by atoms with Gasteiger partial charge in [-0.05, 0) is 57.4 Å². The number of rotatable bonds is 5. The number of benzene rings is 1. The first-order valence-corrected chi connectivity index (χ1v) is 7.10. The quantitative estimate of drug-likeness (QED) is 0.836. The first-order valence-electron chi connectivity index (χ1n) is 7.10. The van der Waals surface area contributed by atoms with Gasteiger partial charge in [0.25, 0.3) is 0 Å². The zero-order valence-electron chi connectivity index (χ0n) is 13.5. The van der Waals surface area contributed by atoms with Gasteiger partial charge in [0.2, 0.25) is 0 Å². The number of hydrogen-bond acceptors (Lipinski definition) is 3. The number of alkyl carbamates (subject to hydrolysis) is 1. The van der Waals surface area contributed by atoms with E-state index >= 15 is 0 Å². The van der Waals surface area contributed by atoms with Crippen LogP contribution in [0.25, 0.3) is 6.08 Å². The molecule has 0 unspecified atom stereocenters. The van der Waals surface area contributed by atoms with Crippen LogP contribution in [0.1, 0.15) is 38.3 Å². The summed E-state index contributed by atoms with van der Waals surface area (Å²) >= 11 is 0. The SMILES string of the molecule is COc1ccc(C=CCCNC(=O)OC(C)(C)C)c(C)c1. The molecule has 1 aromatic rings. The van der Waals surface area contributed by atoms with Crippen LogP contribution in [0.15, 0.2) is 24.3 Å². The van der Waals surface area contributed by atoms with Gasteiger partial charge in [0.15, 0.2) is 0 Å². The van der Waals surface area contributed by atoms with E-state index in [2.05, 4.69) is 5.32 Å². The van der Waals surface area contributed by atoms with Gasteiger partial charge in [0.1, 0.15) is 11.4 Å². The van der Waals surface area contributed by atoms with Crippen molar-refractivity contribution in [3.63, 3.8) is 0 Å². The lowest BCUT2D eigenvalue weighted by molar-refractivity contribution is 0.0529. The first-order chi connectivity index (χ1) is 9.81. The summed E-state index contributed by atoms with van der Waals surface area (Å²) in [6.07, 6.45) is 4.46. The van der Waals surface area contributed by atoms with Crippen molar-refractivity contribution in [2.45, 2.75) is 39.7 Å². The number of carbonyl (C=O) groups is 1. The summed E-state index contributed by atoms with van der Waals surface area (Å²) in [5, 5.41) is 2.73. The van der Waals surface area contributed by atoms with Crippen molar-refractivity contribution in [3.05, 3.63) is 35.4 Å². The highest BCUT2D eigenvalue weighted by atomic mass is 16.6. The maximum atomic E-state index is 11.4. The van der Waals surface area contributed by atoms with Gasteiger partial charge in [-0.1, -0.05) is 18.2 Å². The summed E-state index contributed by atoms with van der Waals surface area (Å²) in [7, 11) is 1.66. The molecule has 0 saturated heterocycles. The molecule has 1 aromatic carbocycles. The maximum absolute atomic E-state index is 11.4. The van der Waals surface area contributed by atoms with Gasteiger partial charge >= 0.3 is 6.09 Å². The zero-order valence-corrected chi connectivity index (χ0v) is 13.5. The van der Waals surface area contributed by atoms with Gasteiger partial charge < -0.3 is 14.8 Å². The van der Waals surface area contributed by atoms with Gasteiger partial charge in [0.05, 0.1) is 7.11 Å². The summed E-state index contributed by atoms with van der Waals surface area (Å²) in [6, 6.07) is 5.95. The number of ether oxygens (including phenoxy) is 2. The highest BCUT2D eigenvalue weighted by Gasteiger charge is 2.15. The molecule has 0 aliphatic carbocycles. The third kappa shape index (κ3) is 6.84. The van der Waals surface area contributed by atoms with Crippen LogP contribution in [0.4, 0.5) is 4.79 Å². The molecule has 4 heteroatoms. The Hall–Kier alpha value is -1.97. The number of aryl methyl sites for hydroxylation is 1. The van der Waals surface area contributed by atoms with E-state index in [1.54, 1.807) is 7.11 Å². The Kier molecular flexibility index (Phi) is 6.28. The molecule has 0 saturated carbocycles. The lowest BCUT2D eigenvalue weighted by Crippen LogP contribution is -2.32. The second-order valence-electron chi connectivity index (χ2n) is 5.84. The predicted molar refractivity (Wildman–Crippen MR) is 85.6 cm³/mol. The summed E-state index contributed by atoms with van der Waals surface area (Å²) in [5.74, 6) is 0.858. The van der Waals surface area contributed by atoms with Crippen LogP contribution in [0.5, 0.6) is 5.75 Å². The van der Waals surface area contributed by atoms with Crippen molar-refractivity contribution >= 4 is 12.2 Å². The predicted octanol–water partition coefficient (Wildman–Crippen LogP) is 3.93. The molecular weight excluding hydrogens is 266 g/mol. The normalized spacial score (nSPS) is 11.5. The van der Waals surface area contributed by atoms with Gasteiger partial charge in [-0.15, -0.1) is 0 Å². The number of nitrogens with one attached hydrogen (secondary N) is 1. The van der Waals surface area contributed by atoms with E-state index in [0.29, 0.717) is 6.54 Å². The number of hydrogen-bond donors (Lipinski definition) is 1. The van der Waals surface area contributed by atoms with Crippen LogP contribution in [0.3, 0.4) is 0 Å². The van der Waals surface area contributed by atoms with Gasteiger partial charge in [0, 0.05) is 6.54 Å². The molecule has 0 aliphatic heterocycles. The minimum atomic E-state index is -0.458. The largest absolute Gasteiger partial charge is 0.497 e. The minimum absolute atomic E-state index is 0.378. The Morgan fingerprint density at radius 3 is 2.62 bits per heavy atom. The molecule has 1 amide bonds. The third-order valence-corrected chi connectivity index (χ3v) is 2.75. The molecule has 21 heavy (non-hydrogen) atoms. The average molecular weight is 291 g/mol. The Morgan fingerprint density at radius 1 is 1.33 bits per heavy atom. The summed E-state index contributed by atoms with van der Waals surface area (Å²) in [5.41, 5.74) is 1.85. The minimum Gasteiger partial charge on any atom is -0.497 e. The smallest absolute Gasteiger partial charge is 0.407 e. The van der Waals surface area contributed by atoms with Crippen molar-refractivity contribution in [2.24, 2.45) is 0 Å². The molecule has 0 aromatic heterocycles. The summed E-state index contributed by atoms with van der Waals surface area (Å²) < 4.78 is 10.3. The van der Waals surface area contributed by atoms with E-state index in [1.807, 2.05) is 58.0 Å². The zero-order chi connectivity index (χ0) is 15.9. The van der Waals surface area contributed by atoms with Crippen LogP contribution in [-0.2, 0) is 4.74 Å². The van der Waals surface area contributed by atoms with Gasteiger partial charge in [-0.3, -0.25) is 0 Å². The Morgan fingerprint density at radius 2 is 2.05 bits per heavy atom. The van der Waals surface area contributed by atoms with E-state index < -0.39 is 5.60 Å². The molecule has 0 radical (unpaired) electrons. The van der Waals surface area contributed by atoms with Crippen LogP contribution < -0.4 is 10.1 Å². The topological polar surface area (TPSA) is 47.6 Å². The van der Waals surface area contributed by atoms with Crippen molar-refractivity contribution in [1.29, 1.82) is 0 Å². The fourth-order valence-electron chi connectivity index (χ4n) is 1.74. The maximum Gasteiger partial charge on any atom is 0.407 e. The Balaban J connectivity index is 2.37. The molecule has 116 valence electrons. The molecule has 0 aliphatic rings. The van der Waals surface area contributed by atoms with Crippen molar-refractivity contribution in [3.8, 4) is 5.75 Å². The van der Waals surface area contributed by atoms with Crippen molar-refractivity contribution < 1.29 is 14.3 Å². The number of amides is 1. The molecule has 0 fully saturated rings. The summed E-state index contributed by atoms with van der Waals surface area (Å²) in [4.78, 5) is 11.4. The van der Waals surface area contributed by atoms with Crippen LogP contribution >= 0.6 is 0 Å². The molecule has 0 heterocycles. The number of carbonyl (C=O) groups excluding carboxylic acids is 1. The van der Waals surface area contributed by atoms with E-state index in [0.717, 1.165) is 23.3 Å². The first kappa shape index (κ1) is 17.1. The molecule has 4 nitrogen and oxygen atoms in total. The molecule has 1 N–H and O–H groups in total. The molecule has 0 atom stereocenters. The Bertz CT molecular complexity index is 501. The highest BCUT2D eigenvalue weighted by molar-refractivity contribution is 5.67. The van der Waals surface area contributed by atoms with Crippen molar-refractivity contribution in [1.82, 2.24) is 5.32 Å². The van der Waals surface area contributed by atoms with E-state index in [4.69, 9.17) is 9.47 Å². The molecule has 0 spiro atoms. The van der Waals surface area contributed by atoms with Crippen LogP contribution in [-0.4, -0.2) is 25.3 Å². The Labute approximate surface area is 127 Å². The van der Waals surface area contributed by atoms with E-state index in [9.17, 15) is 4.79 Å². The second-order valence-corrected chi connectivity index (χ2v) is 5.84. The molecule has 0 bridgehead atoms. The lowest BCUT2D eigenvalue weighted by atomic mass is 10.1. The van der Waals surface area contributed by atoms with Crippen LogP contribution in [0.2, 0.25) is 0 Å². The van der Waals surface area contributed by atoms with Crippen LogP contribution in [0, 0.1) is 6.92 Å². The lowest BCUT2D eigenvalue weighted by Gasteiger charge is -2.19. The second kappa shape index (κ2) is 7.72. The van der Waals surface area contributed by atoms with Gasteiger partial charge in [-0.25, -0.2) is 4.79 Å².